The summed E-state index contributed by atoms with van der Waals surface area (Å²) in [6.45, 7) is 2.06. The van der Waals surface area contributed by atoms with E-state index in [1.54, 1.807) is 12.0 Å². The van der Waals surface area contributed by atoms with Crippen molar-refractivity contribution in [3.05, 3.63) is 63.1 Å². The highest BCUT2D eigenvalue weighted by Gasteiger charge is 2.23. The molecule has 1 saturated heterocycles. The number of nitrogens with zero attached hydrogens (tertiary/aromatic N) is 4. The van der Waals surface area contributed by atoms with E-state index in [1.165, 1.54) is 0 Å². The Morgan fingerprint density at radius 2 is 1.85 bits per heavy atom. The Kier molecular flexibility index (Phi) is 5.39. The molecule has 0 bridgehead atoms. The third-order valence-corrected chi connectivity index (χ3v) is 4.54. The Balaban J connectivity index is 1.65. The highest BCUT2D eigenvalue weighted by atomic mass is 16.6. The van der Waals surface area contributed by atoms with Crippen LogP contribution in [0.1, 0.15) is 0 Å². The molecule has 27 heavy (non-hydrogen) atoms. The van der Waals surface area contributed by atoms with Crippen molar-refractivity contribution < 1.29 is 14.5 Å². The van der Waals surface area contributed by atoms with Gasteiger partial charge in [-0.05, 0) is 12.1 Å². The molecule has 0 N–H and O–H groups in total. The lowest BCUT2D eigenvalue weighted by molar-refractivity contribution is -0.385. The number of piperazine rings is 1. The predicted octanol–water partition coefficient (Wildman–Crippen LogP) is 1.11. The van der Waals surface area contributed by atoms with Crippen LogP contribution in [0.4, 0.5) is 11.4 Å². The van der Waals surface area contributed by atoms with Crippen LogP contribution < -0.4 is 15.2 Å². The minimum absolute atomic E-state index is 0.213. The number of ether oxygens (including phenoxy) is 1. The lowest BCUT2D eigenvalue weighted by Gasteiger charge is -2.36. The Labute approximate surface area is 155 Å². The van der Waals surface area contributed by atoms with Gasteiger partial charge in [0.15, 0.2) is 0 Å². The second-order valence-electron chi connectivity index (χ2n) is 6.15. The van der Waals surface area contributed by atoms with Crippen LogP contribution in [0, 0.1) is 10.1 Å². The van der Waals surface area contributed by atoms with Gasteiger partial charge in [0.05, 0.1) is 23.9 Å². The normalized spacial score (nSPS) is 14.1. The lowest BCUT2D eigenvalue weighted by Crippen LogP contribution is -2.50. The van der Waals surface area contributed by atoms with E-state index in [1.807, 2.05) is 24.3 Å². The molecular formula is C18H20N4O5. The fourth-order valence-corrected chi connectivity index (χ4v) is 3.08. The number of anilines is 1. The topological polar surface area (TPSA) is 97.9 Å². The molecule has 1 aliphatic rings. The van der Waals surface area contributed by atoms with E-state index in [4.69, 9.17) is 4.74 Å². The number of rotatable bonds is 5. The van der Waals surface area contributed by atoms with Crippen LogP contribution in [0.3, 0.4) is 0 Å². The number of hydrogen-bond donors (Lipinski definition) is 0. The predicted molar refractivity (Wildman–Crippen MR) is 99.1 cm³/mol. The van der Waals surface area contributed by atoms with Gasteiger partial charge in [-0.15, -0.1) is 0 Å². The van der Waals surface area contributed by atoms with Gasteiger partial charge in [0.25, 0.3) is 11.2 Å². The van der Waals surface area contributed by atoms with Crippen molar-refractivity contribution >= 4 is 17.3 Å². The molecule has 0 aliphatic carbocycles. The molecule has 3 rings (SSSR count). The van der Waals surface area contributed by atoms with E-state index < -0.39 is 10.5 Å². The largest absolute Gasteiger partial charge is 0.495 e. The average Bonchev–Trinajstić information content (AvgIpc) is 2.69. The minimum atomic E-state index is -0.591. The smallest absolute Gasteiger partial charge is 0.285 e. The number of methoxy groups -OCH3 is 1. The molecule has 142 valence electrons. The lowest BCUT2D eigenvalue weighted by atomic mass is 10.2. The standard InChI is InChI=1S/C18H20N4O5/c1-27-16-5-3-2-4-15(16)19-8-10-20(11-9-19)18(24)13-21-12-14(22(25)26)6-7-17(21)23/h2-7,12H,8-11,13H2,1H3. The maximum atomic E-state index is 12.5. The van der Waals surface area contributed by atoms with Crippen LogP contribution in [0.15, 0.2) is 47.4 Å². The van der Waals surface area contributed by atoms with Crippen molar-refractivity contribution in [3.8, 4) is 5.75 Å². The monoisotopic (exact) mass is 372 g/mol. The van der Waals surface area contributed by atoms with E-state index in [9.17, 15) is 19.7 Å². The quantitative estimate of drug-likeness (QED) is 0.576. The Morgan fingerprint density at radius 3 is 2.52 bits per heavy atom. The van der Waals surface area contributed by atoms with Gasteiger partial charge in [-0.2, -0.15) is 0 Å². The molecule has 9 nitrogen and oxygen atoms in total. The molecule has 9 heteroatoms. The van der Waals surface area contributed by atoms with E-state index >= 15 is 0 Å². The summed E-state index contributed by atoms with van der Waals surface area (Å²) < 4.78 is 6.46. The molecule has 0 atom stereocenters. The van der Waals surface area contributed by atoms with Crippen LogP contribution in [-0.2, 0) is 11.3 Å². The molecule has 2 aromatic rings. The summed E-state index contributed by atoms with van der Waals surface area (Å²) in [4.78, 5) is 38.5. The van der Waals surface area contributed by atoms with Gasteiger partial charge in [-0.3, -0.25) is 24.3 Å². The first kappa shape index (κ1) is 18.4. The van der Waals surface area contributed by atoms with Crippen LogP contribution in [0.25, 0.3) is 0 Å². The summed E-state index contributed by atoms with van der Waals surface area (Å²) in [5.74, 6) is 0.540. The van der Waals surface area contributed by atoms with Gasteiger partial charge in [-0.1, -0.05) is 12.1 Å². The summed E-state index contributed by atoms with van der Waals surface area (Å²) in [7, 11) is 1.62. The minimum Gasteiger partial charge on any atom is -0.495 e. The zero-order valence-corrected chi connectivity index (χ0v) is 14.9. The molecule has 1 amide bonds. The molecule has 1 fully saturated rings. The van der Waals surface area contributed by atoms with E-state index in [2.05, 4.69) is 4.90 Å². The molecule has 0 radical (unpaired) electrons. The second-order valence-corrected chi connectivity index (χ2v) is 6.15. The van der Waals surface area contributed by atoms with Gasteiger partial charge in [0.2, 0.25) is 5.91 Å². The molecule has 0 unspecified atom stereocenters. The Bertz CT molecular complexity index is 903. The van der Waals surface area contributed by atoms with Crippen LogP contribution in [-0.4, -0.2) is 53.6 Å². The number of pyridine rings is 1. The fourth-order valence-electron chi connectivity index (χ4n) is 3.08. The van der Waals surface area contributed by atoms with E-state index in [0.29, 0.717) is 26.2 Å². The van der Waals surface area contributed by atoms with E-state index in [-0.39, 0.29) is 18.1 Å². The Morgan fingerprint density at radius 1 is 1.15 bits per heavy atom. The number of nitro groups is 1. The fraction of sp³-hybridized carbons (Fsp3) is 0.333. The number of carbonyl (C=O) groups is 1. The molecular weight excluding hydrogens is 352 g/mol. The molecule has 0 spiro atoms. The van der Waals surface area contributed by atoms with Crippen molar-refractivity contribution in [2.24, 2.45) is 0 Å². The maximum Gasteiger partial charge on any atom is 0.285 e. The van der Waals surface area contributed by atoms with Gasteiger partial charge in [0.1, 0.15) is 12.3 Å². The SMILES string of the molecule is COc1ccccc1N1CCN(C(=O)Cn2cc([N+](=O)[O-])ccc2=O)CC1. The van der Waals surface area contributed by atoms with Crippen LogP contribution in [0.2, 0.25) is 0 Å². The number of hydrogen-bond acceptors (Lipinski definition) is 6. The molecule has 1 aliphatic heterocycles. The van der Waals surface area contributed by atoms with Gasteiger partial charge in [0, 0.05) is 38.3 Å². The van der Waals surface area contributed by atoms with Gasteiger partial charge in [-0.25, -0.2) is 0 Å². The van der Waals surface area contributed by atoms with Crippen molar-refractivity contribution in [3.63, 3.8) is 0 Å². The first-order chi connectivity index (χ1) is 13.0. The molecule has 0 saturated carbocycles. The van der Waals surface area contributed by atoms with Gasteiger partial charge < -0.3 is 14.5 Å². The first-order valence-corrected chi connectivity index (χ1v) is 8.50. The number of benzene rings is 1. The summed E-state index contributed by atoms with van der Waals surface area (Å²) in [5.41, 5.74) is 0.312. The first-order valence-electron chi connectivity index (χ1n) is 8.50. The van der Waals surface area contributed by atoms with Crippen molar-refractivity contribution in [1.82, 2.24) is 9.47 Å². The number of carbonyl (C=O) groups excluding carboxylic acids is 1. The highest BCUT2D eigenvalue weighted by Crippen LogP contribution is 2.28. The average molecular weight is 372 g/mol. The van der Waals surface area contributed by atoms with Crippen molar-refractivity contribution in [1.29, 1.82) is 0 Å². The Hall–Kier alpha value is -3.36. The van der Waals surface area contributed by atoms with Gasteiger partial charge >= 0.3 is 0 Å². The summed E-state index contributed by atoms with van der Waals surface area (Å²) in [6.07, 6.45) is 1.10. The summed E-state index contributed by atoms with van der Waals surface area (Å²) in [5, 5.41) is 10.9. The zero-order chi connectivity index (χ0) is 19.4. The molecule has 2 heterocycles. The third-order valence-electron chi connectivity index (χ3n) is 4.54. The molecule has 1 aromatic carbocycles. The second kappa shape index (κ2) is 7.90. The number of aromatic nitrogens is 1. The molecule has 1 aromatic heterocycles. The maximum absolute atomic E-state index is 12.5. The highest BCUT2D eigenvalue weighted by molar-refractivity contribution is 5.76. The summed E-state index contributed by atoms with van der Waals surface area (Å²) >= 11 is 0. The van der Waals surface area contributed by atoms with Crippen molar-refractivity contribution in [2.75, 3.05) is 38.2 Å². The van der Waals surface area contributed by atoms with E-state index in [0.717, 1.165) is 34.3 Å². The third kappa shape index (κ3) is 4.08. The van der Waals surface area contributed by atoms with Crippen LogP contribution >= 0.6 is 0 Å². The summed E-state index contributed by atoms with van der Waals surface area (Å²) in [6, 6.07) is 9.93. The number of para-hydroxylation sites is 2. The van der Waals surface area contributed by atoms with Crippen molar-refractivity contribution in [2.45, 2.75) is 6.54 Å². The van der Waals surface area contributed by atoms with Crippen LogP contribution in [0.5, 0.6) is 5.75 Å². The zero-order valence-electron chi connectivity index (χ0n) is 14.9. The number of amides is 1.